The average molecular weight is 474 g/mol. The normalized spacial score (nSPS) is 25.7. The van der Waals surface area contributed by atoms with Crippen LogP contribution in [0.15, 0.2) is 18.3 Å². The van der Waals surface area contributed by atoms with Gasteiger partial charge in [-0.15, -0.1) is 0 Å². The van der Waals surface area contributed by atoms with Crippen molar-refractivity contribution in [3.63, 3.8) is 0 Å². The summed E-state index contributed by atoms with van der Waals surface area (Å²) in [7, 11) is 1.49. The Labute approximate surface area is 200 Å². The molecule has 2 saturated heterocycles. The fourth-order valence-corrected chi connectivity index (χ4v) is 4.97. The lowest BCUT2D eigenvalue weighted by Gasteiger charge is -2.43. The van der Waals surface area contributed by atoms with E-state index in [1.165, 1.54) is 7.11 Å². The quantitative estimate of drug-likeness (QED) is 0.659. The van der Waals surface area contributed by atoms with Gasteiger partial charge in [-0.25, -0.2) is 4.98 Å². The van der Waals surface area contributed by atoms with Crippen LogP contribution in [0, 0.1) is 5.92 Å². The molecular formula is C24H35N5O5. The molecule has 10 nitrogen and oxygen atoms in total. The Balaban J connectivity index is 1.63. The van der Waals surface area contributed by atoms with Crippen LogP contribution in [0.3, 0.4) is 0 Å². The molecule has 186 valence electrons. The molecule has 0 aliphatic carbocycles. The molecule has 0 spiro atoms. The number of piperazine rings is 1. The maximum Gasteiger partial charge on any atom is 0.257 e. The summed E-state index contributed by atoms with van der Waals surface area (Å²) in [5.41, 5.74) is 0.376. The number of methoxy groups -OCH3 is 1. The van der Waals surface area contributed by atoms with Crippen molar-refractivity contribution in [3.8, 4) is 5.88 Å². The van der Waals surface area contributed by atoms with E-state index in [-0.39, 0.29) is 54.9 Å². The first-order valence-corrected chi connectivity index (χ1v) is 12.1. The number of pyridine rings is 1. The molecule has 3 amide bonds. The van der Waals surface area contributed by atoms with E-state index in [1.54, 1.807) is 23.2 Å². The summed E-state index contributed by atoms with van der Waals surface area (Å²) in [6.07, 6.45) is 3.12. The molecule has 3 aliphatic rings. The largest absolute Gasteiger partial charge is 0.475 e. The summed E-state index contributed by atoms with van der Waals surface area (Å²) in [6, 6.07) is 2.63. The molecule has 3 aliphatic heterocycles. The number of nitrogens with zero attached hydrogens (tertiary/aromatic N) is 4. The van der Waals surface area contributed by atoms with Crippen LogP contribution < -0.4 is 10.1 Å². The molecule has 0 aromatic carbocycles. The van der Waals surface area contributed by atoms with Gasteiger partial charge in [-0.3, -0.25) is 19.3 Å². The van der Waals surface area contributed by atoms with Crippen molar-refractivity contribution in [1.29, 1.82) is 0 Å². The monoisotopic (exact) mass is 473 g/mol. The first kappa shape index (κ1) is 24.4. The molecule has 2 fully saturated rings. The Hall–Kier alpha value is -2.72. The van der Waals surface area contributed by atoms with E-state index < -0.39 is 0 Å². The summed E-state index contributed by atoms with van der Waals surface area (Å²) in [5.74, 6) is 0.427. The van der Waals surface area contributed by atoms with E-state index in [0.29, 0.717) is 44.1 Å². The Morgan fingerprint density at radius 2 is 2.12 bits per heavy atom. The van der Waals surface area contributed by atoms with Gasteiger partial charge in [0.05, 0.1) is 12.1 Å². The van der Waals surface area contributed by atoms with E-state index in [1.807, 2.05) is 4.90 Å². The second kappa shape index (κ2) is 10.7. The van der Waals surface area contributed by atoms with E-state index in [9.17, 15) is 14.4 Å². The second-order valence-electron chi connectivity index (χ2n) is 9.72. The van der Waals surface area contributed by atoms with E-state index in [4.69, 9.17) is 9.47 Å². The molecule has 2 bridgehead atoms. The van der Waals surface area contributed by atoms with Crippen molar-refractivity contribution >= 4 is 17.7 Å². The van der Waals surface area contributed by atoms with Gasteiger partial charge in [0.2, 0.25) is 17.7 Å². The van der Waals surface area contributed by atoms with Gasteiger partial charge in [0.15, 0.2) is 0 Å². The molecule has 0 radical (unpaired) electrons. The number of carbonyl (C=O) groups is 3. The summed E-state index contributed by atoms with van der Waals surface area (Å²) >= 11 is 0. The van der Waals surface area contributed by atoms with Gasteiger partial charge in [-0.05, 0) is 37.4 Å². The van der Waals surface area contributed by atoms with Crippen LogP contribution in [0.5, 0.6) is 5.88 Å². The summed E-state index contributed by atoms with van der Waals surface area (Å²) in [5, 5.41) is 3.09. The van der Waals surface area contributed by atoms with Crippen LogP contribution in [0.1, 0.15) is 37.0 Å². The van der Waals surface area contributed by atoms with Gasteiger partial charge in [-0.1, -0.05) is 13.8 Å². The number of ether oxygens (including phenoxy) is 2. The van der Waals surface area contributed by atoms with Crippen molar-refractivity contribution in [2.24, 2.45) is 5.92 Å². The fraction of sp³-hybridized carbons (Fsp3) is 0.667. The predicted octanol–water partition coefficient (Wildman–Crippen LogP) is 0.379. The highest BCUT2D eigenvalue weighted by molar-refractivity contribution is 5.96. The zero-order chi connectivity index (χ0) is 24.2. The van der Waals surface area contributed by atoms with Gasteiger partial charge in [0.25, 0.3) is 5.91 Å². The third kappa shape index (κ3) is 5.33. The van der Waals surface area contributed by atoms with Gasteiger partial charge in [-0.2, -0.15) is 0 Å². The summed E-state index contributed by atoms with van der Waals surface area (Å²) in [6.45, 7) is 7.14. The first-order valence-electron chi connectivity index (χ1n) is 12.1. The SMILES string of the molecule is COCC(=O)N1CCN2C(=O)[C@@H]3C[C@H](CN3CCC(C)C)NC(=O)c3cccnc3OC[C@@H]2C1. The minimum atomic E-state index is -0.342. The zero-order valence-electron chi connectivity index (χ0n) is 20.2. The van der Waals surface area contributed by atoms with Crippen molar-refractivity contribution in [2.75, 3.05) is 53.0 Å². The highest BCUT2D eigenvalue weighted by Gasteiger charge is 2.43. The smallest absolute Gasteiger partial charge is 0.257 e. The van der Waals surface area contributed by atoms with Gasteiger partial charge in [0, 0.05) is 45.5 Å². The number of rotatable bonds is 5. The molecule has 34 heavy (non-hydrogen) atoms. The van der Waals surface area contributed by atoms with Gasteiger partial charge < -0.3 is 24.6 Å². The molecule has 1 N–H and O–H groups in total. The van der Waals surface area contributed by atoms with Crippen molar-refractivity contribution < 1.29 is 23.9 Å². The minimum absolute atomic E-state index is 0.000626. The number of hydrogen-bond acceptors (Lipinski definition) is 7. The number of likely N-dealkylation sites (tertiary alicyclic amines) is 1. The summed E-state index contributed by atoms with van der Waals surface area (Å²) < 4.78 is 11.0. The molecule has 4 rings (SSSR count). The van der Waals surface area contributed by atoms with Crippen LogP contribution in [0.25, 0.3) is 0 Å². The Kier molecular flexibility index (Phi) is 7.67. The van der Waals surface area contributed by atoms with E-state index >= 15 is 0 Å². The average Bonchev–Trinajstić information content (AvgIpc) is 3.23. The fourth-order valence-electron chi connectivity index (χ4n) is 4.97. The highest BCUT2D eigenvalue weighted by Crippen LogP contribution is 2.26. The maximum atomic E-state index is 13.8. The number of hydrogen-bond donors (Lipinski definition) is 1. The highest BCUT2D eigenvalue weighted by atomic mass is 16.5. The molecular weight excluding hydrogens is 438 g/mol. The Bertz CT molecular complexity index is 909. The molecule has 1 aromatic rings. The zero-order valence-corrected chi connectivity index (χ0v) is 20.2. The third-order valence-corrected chi connectivity index (χ3v) is 6.83. The minimum Gasteiger partial charge on any atom is -0.475 e. The Morgan fingerprint density at radius 3 is 2.88 bits per heavy atom. The standard InChI is InChI=1S/C24H35N5O5/c1-16(2)6-8-27-12-17-11-20(27)24(32)29-10-9-28(21(30)15-33-3)13-18(29)14-34-23-19(22(31)26-17)5-4-7-25-23/h4-5,7,16-18,20H,6,8-15H2,1-3H3,(H,26,31)/t17-,18+,20+/m1/s1. The molecule has 0 unspecified atom stereocenters. The van der Waals surface area contributed by atoms with Crippen LogP contribution in [-0.4, -0.2) is 109 Å². The molecule has 3 atom stereocenters. The lowest BCUT2D eigenvalue weighted by molar-refractivity contribution is -0.148. The molecule has 1 aromatic heterocycles. The van der Waals surface area contributed by atoms with E-state index in [2.05, 4.69) is 29.0 Å². The number of fused-ring (bicyclic) bond motifs is 4. The summed E-state index contributed by atoms with van der Waals surface area (Å²) in [4.78, 5) is 49.4. The third-order valence-electron chi connectivity index (χ3n) is 6.83. The maximum absolute atomic E-state index is 13.8. The lowest BCUT2D eigenvalue weighted by Crippen LogP contribution is -2.61. The van der Waals surface area contributed by atoms with Crippen molar-refractivity contribution in [3.05, 3.63) is 23.9 Å². The number of carbonyl (C=O) groups excluding carboxylic acids is 3. The second-order valence-corrected chi connectivity index (χ2v) is 9.72. The van der Waals surface area contributed by atoms with Crippen molar-refractivity contribution in [1.82, 2.24) is 25.0 Å². The lowest BCUT2D eigenvalue weighted by atomic mass is 10.1. The predicted molar refractivity (Wildman–Crippen MR) is 124 cm³/mol. The first-order chi connectivity index (χ1) is 16.4. The van der Waals surface area contributed by atoms with Crippen LogP contribution in [0.4, 0.5) is 0 Å². The Morgan fingerprint density at radius 1 is 1.29 bits per heavy atom. The molecule has 0 saturated carbocycles. The van der Waals surface area contributed by atoms with Gasteiger partial charge in [0.1, 0.15) is 18.8 Å². The molecule has 4 heterocycles. The number of aromatic nitrogens is 1. The van der Waals surface area contributed by atoms with Crippen molar-refractivity contribution in [2.45, 2.75) is 44.8 Å². The van der Waals surface area contributed by atoms with Gasteiger partial charge >= 0.3 is 0 Å². The number of nitrogens with one attached hydrogen (secondary N) is 1. The van der Waals surface area contributed by atoms with E-state index in [0.717, 1.165) is 13.0 Å². The van der Waals surface area contributed by atoms with Crippen LogP contribution in [0.2, 0.25) is 0 Å². The molecule has 10 heteroatoms. The van der Waals surface area contributed by atoms with Crippen LogP contribution >= 0.6 is 0 Å². The topological polar surface area (TPSA) is 104 Å². The number of amides is 3. The van der Waals surface area contributed by atoms with Crippen LogP contribution in [-0.2, 0) is 14.3 Å².